The van der Waals surface area contributed by atoms with Crippen LogP contribution in [0.15, 0.2) is 23.0 Å². The Morgan fingerprint density at radius 1 is 1.16 bits per heavy atom. The first-order valence-electron chi connectivity index (χ1n) is 14.7. The van der Waals surface area contributed by atoms with E-state index in [1.165, 1.54) is 0 Å². The van der Waals surface area contributed by atoms with Gasteiger partial charge in [0.25, 0.3) is 0 Å². The zero-order valence-corrected chi connectivity index (χ0v) is 25.6. The summed E-state index contributed by atoms with van der Waals surface area (Å²) in [5.41, 5.74) is 1.33. The van der Waals surface area contributed by atoms with Crippen LogP contribution >= 0.6 is 0 Å². The number of aliphatic hydroxyl groups is 2. The van der Waals surface area contributed by atoms with Gasteiger partial charge in [0, 0.05) is 23.8 Å². The predicted octanol–water partition coefficient (Wildman–Crippen LogP) is -1.42. The van der Waals surface area contributed by atoms with Gasteiger partial charge in [-0.2, -0.15) is 0 Å². The van der Waals surface area contributed by atoms with E-state index in [0.717, 1.165) is 13.2 Å². The van der Waals surface area contributed by atoms with Crippen LogP contribution in [-0.4, -0.2) is 103 Å². The molecular weight excluding hydrogens is 596 g/mol. The normalized spacial score (nSPS) is 39.5. The molecule has 0 aromatic carbocycles. The molecule has 0 radical (unpaired) electrons. The van der Waals surface area contributed by atoms with Crippen LogP contribution in [0.5, 0.6) is 0 Å². The summed E-state index contributed by atoms with van der Waals surface area (Å²) >= 11 is 0. The van der Waals surface area contributed by atoms with Crippen LogP contribution < -0.4 is 11.1 Å². The lowest BCUT2D eigenvalue weighted by Crippen LogP contribution is -2.79. The number of nitrogens with one attached hydrogen (secondary N) is 1. The molecule has 1 spiro atoms. The van der Waals surface area contributed by atoms with Crippen molar-refractivity contribution < 1.29 is 62.7 Å². The summed E-state index contributed by atoms with van der Waals surface area (Å²) in [5.74, 6) is -8.22. The molecule has 15 heteroatoms. The van der Waals surface area contributed by atoms with Crippen LogP contribution in [0.2, 0.25) is 0 Å². The molecule has 3 aliphatic carbocycles. The Bertz CT molecular complexity index is 1420. The van der Waals surface area contributed by atoms with Crippen molar-refractivity contribution in [2.75, 3.05) is 26.8 Å². The van der Waals surface area contributed by atoms with Crippen molar-refractivity contribution in [1.82, 2.24) is 5.32 Å². The largest absolute Gasteiger partial charge is 0.467 e. The predicted molar refractivity (Wildman–Crippen MR) is 148 cm³/mol. The van der Waals surface area contributed by atoms with Gasteiger partial charge in [0.1, 0.15) is 18.8 Å². The standard InChI is InChI=1S/C30H38N2O13/c1-12(2)6-18(35)44-22-24-29-11-42-30(24,27(40)41-5)25(38)20(37)23(29)28(4)8-15(33)21(45-19(36)10-32-17(34)9-31)13(3)14(28)7-16(29)43-26(22)39/h6,14,16,20,22-25,37-38H,7-11,31H2,1-5H3,(H,32,34)/t14-,16+,20+,22+,23?,24+,25-,28-,29+,30-/m0/s1. The summed E-state index contributed by atoms with van der Waals surface area (Å²) in [6, 6.07) is 0. The minimum Gasteiger partial charge on any atom is -0.467 e. The fraction of sp³-hybridized carbons (Fsp3) is 0.667. The van der Waals surface area contributed by atoms with Crippen LogP contribution in [0, 0.1) is 28.6 Å². The number of aliphatic hydroxyl groups excluding tert-OH is 2. The van der Waals surface area contributed by atoms with E-state index in [9.17, 15) is 39.0 Å². The average molecular weight is 635 g/mol. The molecule has 5 N–H and O–H groups in total. The summed E-state index contributed by atoms with van der Waals surface area (Å²) in [5, 5.41) is 25.8. The smallest absolute Gasteiger partial charge is 0.348 e. The van der Waals surface area contributed by atoms with Crippen LogP contribution in [0.3, 0.4) is 0 Å². The molecule has 15 nitrogen and oxygen atoms in total. The first-order valence-corrected chi connectivity index (χ1v) is 14.7. The lowest BCUT2D eigenvalue weighted by Gasteiger charge is -2.67. The number of carbonyl (C=O) groups excluding carboxylic acids is 6. The topological polar surface area (TPSA) is 227 Å². The van der Waals surface area contributed by atoms with Gasteiger partial charge in [-0.05, 0) is 44.1 Å². The van der Waals surface area contributed by atoms with Crippen LogP contribution in [0.25, 0.3) is 0 Å². The Labute approximate surface area is 258 Å². The number of carbonyl (C=O) groups is 6. The minimum atomic E-state index is -2.29. The van der Waals surface area contributed by atoms with Gasteiger partial charge < -0.3 is 44.9 Å². The number of methoxy groups -OCH3 is 1. The molecule has 1 unspecified atom stereocenters. The zero-order valence-electron chi connectivity index (χ0n) is 25.6. The number of amides is 1. The summed E-state index contributed by atoms with van der Waals surface area (Å²) < 4.78 is 28.1. The van der Waals surface area contributed by atoms with Crippen molar-refractivity contribution in [3.05, 3.63) is 23.0 Å². The number of rotatable bonds is 7. The molecule has 246 valence electrons. The van der Waals surface area contributed by atoms with Crippen LogP contribution in [0.1, 0.15) is 40.5 Å². The second-order valence-electron chi connectivity index (χ2n) is 12.9. The molecular formula is C30H38N2O13. The zero-order chi connectivity index (χ0) is 33.2. The number of allylic oxidation sites excluding steroid dienone is 3. The molecule has 1 amide bonds. The third-order valence-electron chi connectivity index (χ3n) is 10.3. The van der Waals surface area contributed by atoms with E-state index in [0.29, 0.717) is 11.1 Å². The van der Waals surface area contributed by atoms with Crippen molar-refractivity contribution in [2.45, 2.75) is 70.6 Å². The number of fused-ring (bicyclic) bond motifs is 2. The van der Waals surface area contributed by atoms with Crippen molar-refractivity contribution in [2.24, 2.45) is 34.3 Å². The van der Waals surface area contributed by atoms with Crippen molar-refractivity contribution >= 4 is 35.6 Å². The SMILES string of the molecule is COC(=O)[C@@]12OC[C@]34C([C@@H](O)[C@@H]1O)[C@@]1(C)CC(=O)C(OC(=O)CNC(=O)CN)=C(C)[C@@H]1C[C@H]3OC(=O)[C@H](OC(=O)C=C(C)C)[C@@H]24. The number of nitrogens with two attached hydrogens (primary N) is 1. The van der Waals surface area contributed by atoms with E-state index in [1.807, 2.05) is 0 Å². The monoisotopic (exact) mass is 634 g/mol. The fourth-order valence-corrected chi connectivity index (χ4v) is 8.77. The van der Waals surface area contributed by atoms with Gasteiger partial charge in [0.05, 0.1) is 32.3 Å². The number of Topliss-reactive ketones (excluding diaryl/α,β-unsaturated/α-hetero) is 1. The van der Waals surface area contributed by atoms with E-state index in [2.05, 4.69) is 5.32 Å². The Balaban J connectivity index is 1.61. The first-order chi connectivity index (χ1) is 21.1. The van der Waals surface area contributed by atoms with E-state index in [1.54, 1.807) is 27.7 Å². The number of hydrogen-bond donors (Lipinski definition) is 4. The lowest BCUT2D eigenvalue weighted by atomic mass is 9.38. The fourth-order valence-electron chi connectivity index (χ4n) is 8.77. The molecule has 2 heterocycles. The van der Waals surface area contributed by atoms with E-state index in [-0.39, 0.29) is 31.8 Å². The maximum Gasteiger partial charge on any atom is 0.348 e. The number of ether oxygens (including phenoxy) is 5. The molecule has 10 atom stereocenters. The van der Waals surface area contributed by atoms with Gasteiger partial charge in [-0.25, -0.2) is 19.2 Å². The van der Waals surface area contributed by atoms with Gasteiger partial charge in [0.15, 0.2) is 11.5 Å². The van der Waals surface area contributed by atoms with E-state index in [4.69, 9.17) is 29.4 Å². The van der Waals surface area contributed by atoms with Gasteiger partial charge in [-0.3, -0.25) is 9.59 Å². The number of esters is 4. The Hall–Kier alpha value is -3.66. The Kier molecular flexibility index (Phi) is 8.22. The second-order valence-corrected chi connectivity index (χ2v) is 12.9. The average Bonchev–Trinajstić information content (AvgIpc) is 3.28. The molecule has 4 fully saturated rings. The van der Waals surface area contributed by atoms with Crippen molar-refractivity contribution in [3.63, 3.8) is 0 Å². The highest BCUT2D eigenvalue weighted by molar-refractivity contribution is 5.98. The quantitative estimate of drug-likeness (QED) is 0.143. The van der Waals surface area contributed by atoms with Gasteiger partial charge in [-0.15, -0.1) is 0 Å². The molecule has 2 saturated heterocycles. The number of hydrogen-bond acceptors (Lipinski definition) is 14. The van der Waals surface area contributed by atoms with Crippen molar-refractivity contribution in [1.29, 1.82) is 0 Å². The maximum absolute atomic E-state index is 13.6. The van der Waals surface area contributed by atoms with Crippen molar-refractivity contribution in [3.8, 4) is 0 Å². The van der Waals surface area contributed by atoms with Crippen LogP contribution in [0.4, 0.5) is 0 Å². The van der Waals surface area contributed by atoms with Gasteiger partial charge >= 0.3 is 23.9 Å². The molecule has 2 bridgehead atoms. The Morgan fingerprint density at radius 2 is 1.84 bits per heavy atom. The van der Waals surface area contributed by atoms with E-state index >= 15 is 0 Å². The summed E-state index contributed by atoms with van der Waals surface area (Å²) in [7, 11) is 1.07. The lowest BCUT2D eigenvalue weighted by molar-refractivity contribution is -0.290. The summed E-state index contributed by atoms with van der Waals surface area (Å²) in [4.78, 5) is 77.5. The molecule has 5 aliphatic rings. The maximum atomic E-state index is 13.6. The third-order valence-corrected chi connectivity index (χ3v) is 10.3. The minimum absolute atomic E-state index is 0.0668. The third kappa shape index (κ3) is 4.62. The molecule has 2 saturated carbocycles. The first kappa shape index (κ1) is 32.7. The highest BCUT2D eigenvalue weighted by atomic mass is 16.6. The number of ketones is 1. The van der Waals surface area contributed by atoms with Gasteiger partial charge in [-0.1, -0.05) is 12.5 Å². The highest BCUT2D eigenvalue weighted by Crippen LogP contribution is 2.72. The molecule has 2 aliphatic heterocycles. The molecule has 0 aromatic heterocycles. The van der Waals surface area contributed by atoms with Gasteiger partial charge in [0.2, 0.25) is 17.6 Å². The Morgan fingerprint density at radius 3 is 2.47 bits per heavy atom. The molecule has 45 heavy (non-hydrogen) atoms. The second kappa shape index (κ2) is 11.3. The summed E-state index contributed by atoms with van der Waals surface area (Å²) in [6.45, 7) is 5.46. The highest BCUT2D eigenvalue weighted by Gasteiger charge is 2.85. The van der Waals surface area contributed by atoms with Crippen LogP contribution in [-0.2, 0) is 52.5 Å². The molecule has 5 rings (SSSR count). The molecule has 0 aromatic rings. The summed E-state index contributed by atoms with van der Waals surface area (Å²) in [6.07, 6.45) is -5.41. The van der Waals surface area contributed by atoms with E-state index < -0.39 is 101 Å².